The predicted octanol–water partition coefficient (Wildman–Crippen LogP) is 3.69. The van der Waals surface area contributed by atoms with Crippen LogP contribution in [0.4, 0.5) is 0 Å². The highest BCUT2D eigenvalue weighted by molar-refractivity contribution is 5.45. The number of benzene rings is 1. The molecule has 0 fully saturated rings. The maximum atomic E-state index is 5.94. The van der Waals surface area contributed by atoms with E-state index in [0.717, 1.165) is 17.7 Å². The van der Waals surface area contributed by atoms with Crippen molar-refractivity contribution in [2.45, 2.75) is 33.4 Å². The fourth-order valence-corrected chi connectivity index (χ4v) is 1.93. The molecular weight excluding hydrogens is 264 g/mol. The van der Waals surface area contributed by atoms with Crippen LogP contribution in [0.1, 0.15) is 25.0 Å². The molecule has 2 rings (SSSR count). The van der Waals surface area contributed by atoms with Crippen molar-refractivity contribution in [1.29, 1.82) is 0 Å². The molecule has 21 heavy (non-hydrogen) atoms. The van der Waals surface area contributed by atoms with Gasteiger partial charge >= 0.3 is 0 Å². The molecule has 112 valence electrons. The Labute approximate surface area is 126 Å². The number of hydrogen-bond donors (Lipinski definition) is 1. The van der Waals surface area contributed by atoms with E-state index in [0.29, 0.717) is 23.4 Å². The molecular formula is C17H22N2O2. The van der Waals surface area contributed by atoms with Crippen molar-refractivity contribution >= 4 is 0 Å². The van der Waals surface area contributed by atoms with E-state index in [2.05, 4.69) is 24.1 Å². The Morgan fingerprint density at radius 3 is 2.71 bits per heavy atom. The summed E-state index contributed by atoms with van der Waals surface area (Å²) in [6.07, 6.45) is 1.73. The Bertz CT molecular complexity index is 597. The molecule has 1 aromatic heterocycles. The van der Waals surface area contributed by atoms with Crippen molar-refractivity contribution in [3.63, 3.8) is 0 Å². The SMILES string of the molecule is COc1cc(C)ccc1Oc1ncccc1CNC(C)C. The van der Waals surface area contributed by atoms with Crippen LogP contribution in [0.15, 0.2) is 36.5 Å². The maximum Gasteiger partial charge on any atom is 0.223 e. The van der Waals surface area contributed by atoms with E-state index in [1.54, 1.807) is 13.3 Å². The molecule has 0 unspecified atom stereocenters. The summed E-state index contributed by atoms with van der Waals surface area (Å²) in [5.74, 6) is 1.99. The number of pyridine rings is 1. The third-order valence-electron chi connectivity index (χ3n) is 3.08. The fraction of sp³-hybridized carbons (Fsp3) is 0.353. The molecule has 0 aliphatic carbocycles. The normalized spacial score (nSPS) is 10.7. The van der Waals surface area contributed by atoms with Gasteiger partial charge in [0, 0.05) is 24.3 Å². The lowest BCUT2D eigenvalue weighted by atomic mass is 10.2. The predicted molar refractivity (Wildman–Crippen MR) is 84.0 cm³/mol. The maximum absolute atomic E-state index is 5.94. The summed E-state index contributed by atoms with van der Waals surface area (Å²) >= 11 is 0. The van der Waals surface area contributed by atoms with E-state index in [4.69, 9.17) is 9.47 Å². The smallest absolute Gasteiger partial charge is 0.223 e. The van der Waals surface area contributed by atoms with Crippen LogP contribution in [-0.2, 0) is 6.54 Å². The van der Waals surface area contributed by atoms with E-state index >= 15 is 0 Å². The van der Waals surface area contributed by atoms with E-state index in [1.165, 1.54) is 0 Å². The van der Waals surface area contributed by atoms with Crippen LogP contribution in [0.3, 0.4) is 0 Å². The molecule has 2 aromatic rings. The number of hydrogen-bond acceptors (Lipinski definition) is 4. The molecule has 4 nitrogen and oxygen atoms in total. The lowest BCUT2D eigenvalue weighted by Gasteiger charge is -2.14. The quantitative estimate of drug-likeness (QED) is 0.879. The van der Waals surface area contributed by atoms with Crippen LogP contribution < -0.4 is 14.8 Å². The third kappa shape index (κ3) is 4.20. The molecule has 1 N–H and O–H groups in total. The van der Waals surface area contributed by atoms with Gasteiger partial charge in [-0.05, 0) is 30.7 Å². The third-order valence-corrected chi connectivity index (χ3v) is 3.08. The molecule has 0 saturated heterocycles. The molecule has 0 bridgehead atoms. The molecule has 0 atom stereocenters. The number of nitrogens with one attached hydrogen (secondary N) is 1. The molecule has 0 aliphatic rings. The topological polar surface area (TPSA) is 43.4 Å². The van der Waals surface area contributed by atoms with Crippen LogP contribution >= 0.6 is 0 Å². The van der Waals surface area contributed by atoms with Gasteiger partial charge in [0.15, 0.2) is 11.5 Å². The zero-order valence-corrected chi connectivity index (χ0v) is 13.0. The Morgan fingerprint density at radius 2 is 2.00 bits per heavy atom. The summed E-state index contributed by atoms with van der Waals surface area (Å²) in [5.41, 5.74) is 2.15. The molecule has 1 heterocycles. The highest BCUT2D eigenvalue weighted by Gasteiger charge is 2.10. The second-order valence-corrected chi connectivity index (χ2v) is 5.26. The Balaban J connectivity index is 2.23. The summed E-state index contributed by atoms with van der Waals surface area (Å²) < 4.78 is 11.3. The van der Waals surface area contributed by atoms with Crippen molar-refractivity contribution < 1.29 is 9.47 Å². The standard InChI is InChI=1S/C17H22N2O2/c1-12(2)19-11-14-6-5-9-18-17(14)21-15-8-7-13(3)10-16(15)20-4/h5-10,12,19H,11H2,1-4H3. The number of aryl methyl sites for hydroxylation is 1. The summed E-state index contributed by atoms with van der Waals surface area (Å²) in [5, 5.41) is 3.37. The molecule has 0 saturated carbocycles. The van der Waals surface area contributed by atoms with Crippen LogP contribution in [0.5, 0.6) is 17.4 Å². The van der Waals surface area contributed by atoms with Crippen LogP contribution in [-0.4, -0.2) is 18.1 Å². The molecule has 0 amide bonds. The second kappa shape index (κ2) is 7.09. The number of aromatic nitrogens is 1. The highest BCUT2D eigenvalue weighted by Crippen LogP contribution is 2.32. The lowest BCUT2D eigenvalue weighted by molar-refractivity contribution is 0.371. The molecule has 0 spiro atoms. The number of rotatable bonds is 6. The van der Waals surface area contributed by atoms with Crippen LogP contribution in [0.2, 0.25) is 0 Å². The first-order chi connectivity index (χ1) is 10.1. The van der Waals surface area contributed by atoms with Gasteiger partial charge in [-0.3, -0.25) is 0 Å². The van der Waals surface area contributed by atoms with Crippen molar-refractivity contribution in [2.24, 2.45) is 0 Å². The first-order valence-corrected chi connectivity index (χ1v) is 7.10. The minimum Gasteiger partial charge on any atom is -0.493 e. The Kier molecular flexibility index (Phi) is 5.17. The average molecular weight is 286 g/mol. The number of ether oxygens (including phenoxy) is 2. The van der Waals surface area contributed by atoms with Gasteiger partial charge in [-0.25, -0.2) is 4.98 Å². The van der Waals surface area contributed by atoms with Gasteiger partial charge in [0.25, 0.3) is 0 Å². The average Bonchev–Trinajstić information content (AvgIpc) is 2.48. The molecule has 0 radical (unpaired) electrons. The van der Waals surface area contributed by atoms with Crippen LogP contribution in [0.25, 0.3) is 0 Å². The van der Waals surface area contributed by atoms with Gasteiger partial charge in [-0.1, -0.05) is 26.0 Å². The number of methoxy groups -OCH3 is 1. The summed E-state index contributed by atoms with van der Waals surface area (Å²) in [6, 6.07) is 10.2. The minimum absolute atomic E-state index is 0.409. The largest absolute Gasteiger partial charge is 0.493 e. The summed E-state index contributed by atoms with van der Waals surface area (Å²) in [4.78, 5) is 4.33. The molecule has 1 aromatic carbocycles. The lowest BCUT2D eigenvalue weighted by Crippen LogP contribution is -2.22. The first kappa shape index (κ1) is 15.3. The second-order valence-electron chi connectivity index (χ2n) is 5.26. The zero-order chi connectivity index (χ0) is 15.2. The van der Waals surface area contributed by atoms with Crippen molar-refractivity contribution in [3.05, 3.63) is 47.7 Å². The molecule has 4 heteroatoms. The minimum atomic E-state index is 0.409. The Hall–Kier alpha value is -2.07. The summed E-state index contributed by atoms with van der Waals surface area (Å²) in [7, 11) is 1.64. The molecule has 0 aliphatic heterocycles. The van der Waals surface area contributed by atoms with Crippen molar-refractivity contribution in [2.75, 3.05) is 7.11 Å². The van der Waals surface area contributed by atoms with E-state index in [9.17, 15) is 0 Å². The van der Waals surface area contributed by atoms with E-state index < -0.39 is 0 Å². The Morgan fingerprint density at radius 1 is 1.19 bits per heavy atom. The zero-order valence-electron chi connectivity index (χ0n) is 13.0. The first-order valence-electron chi connectivity index (χ1n) is 7.10. The fourth-order valence-electron chi connectivity index (χ4n) is 1.93. The van der Waals surface area contributed by atoms with Gasteiger partial charge < -0.3 is 14.8 Å². The van der Waals surface area contributed by atoms with Gasteiger partial charge in [0.05, 0.1) is 7.11 Å². The van der Waals surface area contributed by atoms with Gasteiger partial charge in [0.1, 0.15) is 0 Å². The van der Waals surface area contributed by atoms with Crippen molar-refractivity contribution in [1.82, 2.24) is 10.3 Å². The van der Waals surface area contributed by atoms with E-state index in [1.807, 2.05) is 37.3 Å². The van der Waals surface area contributed by atoms with Gasteiger partial charge in [0.2, 0.25) is 5.88 Å². The van der Waals surface area contributed by atoms with Gasteiger partial charge in [-0.2, -0.15) is 0 Å². The van der Waals surface area contributed by atoms with Crippen molar-refractivity contribution in [3.8, 4) is 17.4 Å². The van der Waals surface area contributed by atoms with Crippen LogP contribution in [0, 0.1) is 6.92 Å². The summed E-state index contributed by atoms with van der Waals surface area (Å²) in [6.45, 7) is 6.96. The van der Waals surface area contributed by atoms with E-state index in [-0.39, 0.29) is 0 Å². The van der Waals surface area contributed by atoms with Gasteiger partial charge in [-0.15, -0.1) is 0 Å². The monoisotopic (exact) mass is 286 g/mol. The number of nitrogens with zero attached hydrogens (tertiary/aromatic N) is 1. The highest BCUT2D eigenvalue weighted by atomic mass is 16.5.